The standard InChI is InChI=1S/C31H21N3O/c1-2-9-21(10-3-1)29-32-30(23-15-14-20-8-4-5-11-22(20)18-23)34-31(33-29)24-16-17-26-25-12-6-7-13-27(25)35-28(26)19-24/h1-19,30H,(H,32,33,34). The number of furan rings is 1. The van der Waals surface area contributed by atoms with Crippen LogP contribution >= 0.6 is 0 Å². The molecule has 1 unspecified atom stereocenters. The number of fused-ring (bicyclic) bond motifs is 4. The van der Waals surface area contributed by atoms with Crippen molar-refractivity contribution in [1.82, 2.24) is 5.32 Å². The maximum atomic E-state index is 6.14. The molecule has 0 radical (unpaired) electrons. The molecule has 0 aliphatic carbocycles. The van der Waals surface area contributed by atoms with E-state index in [4.69, 9.17) is 14.4 Å². The highest BCUT2D eigenvalue weighted by Crippen LogP contribution is 2.31. The minimum Gasteiger partial charge on any atom is -0.456 e. The van der Waals surface area contributed by atoms with Gasteiger partial charge in [-0.2, -0.15) is 0 Å². The van der Waals surface area contributed by atoms with Gasteiger partial charge in [-0.15, -0.1) is 0 Å². The second-order valence-corrected chi connectivity index (χ2v) is 8.74. The van der Waals surface area contributed by atoms with E-state index >= 15 is 0 Å². The Morgan fingerprint density at radius 2 is 1.26 bits per heavy atom. The second kappa shape index (κ2) is 7.96. The molecule has 2 heterocycles. The van der Waals surface area contributed by atoms with Gasteiger partial charge in [-0.05, 0) is 40.6 Å². The number of hydrogen-bond acceptors (Lipinski definition) is 4. The quantitative estimate of drug-likeness (QED) is 0.308. The molecule has 7 rings (SSSR count). The van der Waals surface area contributed by atoms with Crippen LogP contribution < -0.4 is 5.32 Å². The normalized spacial score (nSPS) is 15.7. The van der Waals surface area contributed by atoms with Crippen molar-refractivity contribution in [3.63, 3.8) is 0 Å². The number of nitrogens with one attached hydrogen (secondary N) is 1. The van der Waals surface area contributed by atoms with Crippen LogP contribution in [0.5, 0.6) is 0 Å². The predicted molar refractivity (Wildman–Crippen MR) is 143 cm³/mol. The fraction of sp³-hybridized carbons (Fsp3) is 0.0323. The van der Waals surface area contributed by atoms with Crippen LogP contribution in [-0.4, -0.2) is 11.7 Å². The minimum atomic E-state index is -0.350. The summed E-state index contributed by atoms with van der Waals surface area (Å²) in [6, 6.07) is 39.4. The van der Waals surface area contributed by atoms with E-state index in [9.17, 15) is 0 Å². The number of para-hydroxylation sites is 1. The van der Waals surface area contributed by atoms with Crippen LogP contribution in [0.15, 0.2) is 130 Å². The van der Waals surface area contributed by atoms with Crippen LogP contribution in [0.3, 0.4) is 0 Å². The molecule has 6 aromatic rings. The lowest BCUT2D eigenvalue weighted by atomic mass is 10.0. The van der Waals surface area contributed by atoms with Crippen molar-refractivity contribution in [2.75, 3.05) is 0 Å². The number of nitrogens with zero attached hydrogens (tertiary/aromatic N) is 2. The summed E-state index contributed by atoms with van der Waals surface area (Å²) in [5.74, 6) is 1.58. The van der Waals surface area contributed by atoms with Crippen LogP contribution in [0, 0.1) is 0 Å². The van der Waals surface area contributed by atoms with Gasteiger partial charge in [-0.1, -0.05) is 91.0 Å². The highest BCUT2D eigenvalue weighted by Gasteiger charge is 2.21. The molecule has 0 saturated carbocycles. The van der Waals surface area contributed by atoms with E-state index in [1.54, 1.807) is 0 Å². The molecule has 0 amide bonds. The zero-order valence-corrected chi connectivity index (χ0v) is 18.8. The van der Waals surface area contributed by atoms with Crippen LogP contribution in [0.25, 0.3) is 32.7 Å². The van der Waals surface area contributed by atoms with Gasteiger partial charge in [0.1, 0.15) is 22.8 Å². The first kappa shape index (κ1) is 19.7. The van der Waals surface area contributed by atoms with Gasteiger partial charge in [0.25, 0.3) is 0 Å². The Kier molecular flexibility index (Phi) is 4.49. The molecule has 1 atom stereocenters. The van der Waals surface area contributed by atoms with Gasteiger partial charge in [-0.3, -0.25) is 0 Å². The Bertz CT molecular complexity index is 1780. The first-order valence-corrected chi connectivity index (χ1v) is 11.7. The summed E-state index contributed by atoms with van der Waals surface area (Å²) in [4.78, 5) is 10.0. The molecule has 4 nitrogen and oxygen atoms in total. The van der Waals surface area contributed by atoms with E-state index in [1.807, 2.05) is 36.4 Å². The van der Waals surface area contributed by atoms with Crippen LogP contribution in [0.2, 0.25) is 0 Å². The second-order valence-electron chi connectivity index (χ2n) is 8.74. The highest BCUT2D eigenvalue weighted by molar-refractivity contribution is 6.17. The summed E-state index contributed by atoms with van der Waals surface area (Å²) in [5.41, 5.74) is 4.78. The molecule has 0 saturated heterocycles. The molecular formula is C31H21N3O. The lowest BCUT2D eigenvalue weighted by molar-refractivity contribution is 0.668. The Balaban J connectivity index is 1.36. The van der Waals surface area contributed by atoms with Gasteiger partial charge < -0.3 is 9.73 Å². The molecule has 1 N–H and O–H groups in total. The predicted octanol–water partition coefficient (Wildman–Crippen LogP) is 7.23. The monoisotopic (exact) mass is 451 g/mol. The summed E-state index contributed by atoms with van der Waals surface area (Å²) in [5, 5.41) is 8.09. The molecule has 0 spiro atoms. The Labute approximate surface area is 202 Å². The van der Waals surface area contributed by atoms with Gasteiger partial charge in [0, 0.05) is 21.9 Å². The summed E-state index contributed by atoms with van der Waals surface area (Å²) in [6.45, 7) is 0. The highest BCUT2D eigenvalue weighted by atomic mass is 16.3. The van der Waals surface area contributed by atoms with E-state index in [2.05, 4.69) is 84.2 Å². The number of amidine groups is 2. The summed E-state index contributed by atoms with van der Waals surface area (Å²) < 4.78 is 6.14. The van der Waals surface area contributed by atoms with Crippen LogP contribution in [0.1, 0.15) is 22.9 Å². The Morgan fingerprint density at radius 3 is 2.14 bits per heavy atom. The molecule has 1 aliphatic heterocycles. The average Bonchev–Trinajstić information content (AvgIpc) is 3.31. The van der Waals surface area contributed by atoms with Crippen molar-refractivity contribution in [1.29, 1.82) is 0 Å². The third-order valence-electron chi connectivity index (χ3n) is 6.51. The molecule has 1 aliphatic rings. The summed E-state index contributed by atoms with van der Waals surface area (Å²) >= 11 is 0. The first-order chi connectivity index (χ1) is 17.3. The lowest BCUT2D eigenvalue weighted by Gasteiger charge is -2.22. The van der Waals surface area contributed by atoms with E-state index < -0.39 is 0 Å². The smallest absolute Gasteiger partial charge is 0.169 e. The number of aliphatic imine (C=N–C) groups is 2. The van der Waals surface area contributed by atoms with E-state index in [-0.39, 0.29) is 6.17 Å². The SMILES string of the molecule is c1ccc(C2=NC(c3ccc4ccccc4c3)N=C(c3ccc4c(c3)oc3ccccc34)N2)cc1. The van der Waals surface area contributed by atoms with Gasteiger partial charge in [0.2, 0.25) is 0 Å². The number of benzene rings is 5. The molecule has 5 aromatic carbocycles. The van der Waals surface area contributed by atoms with Crippen molar-refractivity contribution in [3.05, 3.63) is 132 Å². The Morgan fingerprint density at radius 1 is 0.543 bits per heavy atom. The van der Waals surface area contributed by atoms with Crippen molar-refractivity contribution < 1.29 is 4.42 Å². The molecule has 0 fully saturated rings. The number of hydrogen-bond donors (Lipinski definition) is 1. The summed E-state index contributed by atoms with van der Waals surface area (Å²) in [6.07, 6.45) is -0.350. The molecule has 35 heavy (non-hydrogen) atoms. The van der Waals surface area contributed by atoms with Gasteiger partial charge >= 0.3 is 0 Å². The zero-order valence-electron chi connectivity index (χ0n) is 18.8. The average molecular weight is 452 g/mol. The largest absolute Gasteiger partial charge is 0.456 e. The third kappa shape index (κ3) is 3.47. The van der Waals surface area contributed by atoms with Crippen molar-refractivity contribution in [3.8, 4) is 0 Å². The van der Waals surface area contributed by atoms with Crippen molar-refractivity contribution >= 4 is 44.4 Å². The van der Waals surface area contributed by atoms with Gasteiger partial charge in [-0.25, -0.2) is 9.98 Å². The van der Waals surface area contributed by atoms with Crippen molar-refractivity contribution in [2.45, 2.75) is 6.17 Å². The van der Waals surface area contributed by atoms with E-state index in [1.165, 1.54) is 10.8 Å². The van der Waals surface area contributed by atoms with E-state index in [0.29, 0.717) is 0 Å². The van der Waals surface area contributed by atoms with Crippen LogP contribution in [0.4, 0.5) is 0 Å². The maximum absolute atomic E-state index is 6.14. The fourth-order valence-electron chi connectivity index (χ4n) is 4.73. The van der Waals surface area contributed by atoms with Gasteiger partial charge in [0.15, 0.2) is 6.17 Å². The molecule has 1 aromatic heterocycles. The molecule has 0 bridgehead atoms. The zero-order chi connectivity index (χ0) is 23.2. The fourth-order valence-corrected chi connectivity index (χ4v) is 4.73. The lowest BCUT2D eigenvalue weighted by Crippen LogP contribution is -2.36. The third-order valence-corrected chi connectivity index (χ3v) is 6.51. The first-order valence-electron chi connectivity index (χ1n) is 11.7. The molecular weight excluding hydrogens is 430 g/mol. The molecule has 4 heteroatoms. The van der Waals surface area contributed by atoms with Crippen molar-refractivity contribution in [2.24, 2.45) is 9.98 Å². The van der Waals surface area contributed by atoms with Crippen LogP contribution in [-0.2, 0) is 0 Å². The molecule has 166 valence electrons. The van der Waals surface area contributed by atoms with E-state index in [0.717, 1.165) is 50.3 Å². The minimum absolute atomic E-state index is 0.350. The Hall–Kier alpha value is -4.70. The number of rotatable bonds is 3. The van der Waals surface area contributed by atoms with Gasteiger partial charge in [0.05, 0.1) is 0 Å². The summed E-state index contributed by atoms with van der Waals surface area (Å²) in [7, 11) is 0. The maximum Gasteiger partial charge on any atom is 0.169 e. The topological polar surface area (TPSA) is 49.9 Å².